The second-order valence-electron chi connectivity index (χ2n) is 7.82. The summed E-state index contributed by atoms with van der Waals surface area (Å²) in [5.74, 6) is 0.212. The maximum absolute atomic E-state index is 13.0. The standard InChI is InChI=1S/C23H22N4O4/c1-31-16-5-7-19-14(11-16)8-10-26(19)13-21(28)24-15-4-6-18-17(12-15)23(30)27-9-2-3-20(27)22(29)25-18/h4-8,10-12,20H,2-3,9,13H2,1H3,(H,24,28)(H,25,29)/t20-/m1/s1. The number of rotatable bonds is 4. The van der Waals surface area contributed by atoms with Gasteiger partial charge < -0.3 is 24.8 Å². The Labute approximate surface area is 178 Å². The molecule has 0 unspecified atom stereocenters. The first-order valence-corrected chi connectivity index (χ1v) is 10.2. The van der Waals surface area contributed by atoms with Crippen LogP contribution in [-0.2, 0) is 16.1 Å². The Balaban J connectivity index is 1.35. The number of aromatic nitrogens is 1. The number of nitrogens with zero attached hydrogens (tertiary/aromatic N) is 2. The minimum absolute atomic E-state index is 0.131. The largest absolute Gasteiger partial charge is 0.497 e. The minimum atomic E-state index is -0.418. The van der Waals surface area contributed by atoms with E-state index in [1.165, 1.54) is 0 Å². The van der Waals surface area contributed by atoms with Crippen LogP contribution in [0.25, 0.3) is 10.9 Å². The molecule has 1 atom stereocenters. The van der Waals surface area contributed by atoms with Gasteiger partial charge in [-0.15, -0.1) is 0 Å². The highest BCUT2D eigenvalue weighted by molar-refractivity contribution is 6.11. The summed E-state index contributed by atoms with van der Waals surface area (Å²) >= 11 is 0. The third kappa shape index (κ3) is 3.39. The predicted octanol–water partition coefficient (Wildman–Crippen LogP) is 2.85. The lowest BCUT2D eigenvalue weighted by atomic mass is 10.1. The van der Waals surface area contributed by atoms with Gasteiger partial charge in [0.2, 0.25) is 11.8 Å². The monoisotopic (exact) mass is 418 g/mol. The third-order valence-corrected chi connectivity index (χ3v) is 5.90. The van der Waals surface area contributed by atoms with Gasteiger partial charge in [0, 0.05) is 29.3 Å². The molecule has 0 radical (unpaired) electrons. The van der Waals surface area contributed by atoms with Crippen molar-refractivity contribution in [2.24, 2.45) is 0 Å². The predicted molar refractivity (Wildman–Crippen MR) is 116 cm³/mol. The Bertz CT molecular complexity index is 1220. The first-order chi connectivity index (χ1) is 15.0. The zero-order valence-corrected chi connectivity index (χ0v) is 17.1. The second-order valence-corrected chi connectivity index (χ2v) is 7.82. The van der Waals surface area contributed by atoms with Crippen LogP contribution in [-0.4, -0.2) is 46.9 Å². The van der Waals surface area contributed by atoms with Crippen molar-refractivity contribution in [2.75, 3.05) is 24.3 Å². The van der Waals surface area contributed by atoms with Gasteiger partial charge in [-0.1, -0.05) is 0 Å². The Morgan fingerprint density at radius 3 is 2.90 bits per heavy atom. The molecule has 31 heavy (non-hydrogen) atoms. The van der Waals surface area contributed by atoms with E-state index in [0.717, 1.165) is 23.1 Å². The molecule has 8 nitrogen and oxygen atoms in total. The quantitative estimate of drug-likeness (QED) is 0.682. The maximum Gasteiger partial charge on any atom is 0.256 e. The molecule has 2 N–H and O–H groups in total. The number of carbonyl (C=O) groups excluding carboxylic acids is 3. The highest BCUT2D eigenvalue weighted by Gasteiger charge is 2.38. The fourth-order valence-corrected chi connectivity index (χ4v) is 4.36. The molecule has 3 heterocycles. The molecule has 2 aliphatic heterocycles. The van der Waals surface area contributed by atoms with Crippen LogP contribution in [0.15, 0.2) is 48.7 Å². The van der Waals surface area contributed by atoms with Gasteiger partial charge in [-0.05, 0) is 55.3 Å². The first-order valence-electron chi connectivity index (χ1n) is 10.2. The molecular weight excluding hydrogens is 396 g/mol. The molecular formula is C23H22N4O4. The van der Waals surface area contributed by atoms with Gasteiger partial charge in [-0.3, -0.25) is 14.4 Å². The van der Waals surface area contributed by atoms with Crippen molar-refractivity contribution in [3.8, 4) is 5.75 Å². The molecule has 2 aromatic carbocycles. The zero-order chi connectivity index (χ0) is 21.5. The normalized spacial score (nSPS) is 17.7. The van der Waals surface area contributed by atoms with Crippen molar-refractivity contribution in [1.29, 1.82) is 0 Å². The van der Waals surface area contributed by atoms with Crippen LogP contribution in [0.1, 0.15) is 23.2 Å². The molecule has 1 saturated heterocycles. The smallest absolute Gasteiger partial charge is 0.256 e. The lowest BCUT2D eigenvalue weighted by Gasteiger charge is -2.20. The van der Waals surface area contributed by atoms with E-state index in [1.807, 2.05) is 35.0 Å². The van der Waals surface area contributed by atoms with Gasteiger partial charge in [-0.2, -0.15) is 0 Å². The molecule has 8 heteroatoms. The lowest BCUT2D eigenvalue weighted by molar-refractivity contribution is -0.119. The van der Waals surface area contributed by atoms with Crippen molar-refractivity contribution in [3.05, 3.63) is 54.2 Å². The summed E-state index contributed by atoms with van der Waals surface area (Å²) < 4.78 is 7.10. The summed E-state index contributed by atoms with van der Waals surface area (Å²) in [5.41, 5.74) is 2.32. The number of methoxy groups -OCH3 is 1. The molecule has 1 aromatic heterocycles. The fraction of sp³-hybridized carbons (Fsp3) is 0.261. The van der Waals surface area contributed by atoms with Crippen LogP contribution in [0.4, 0.5) is 11.4 Å². The SMILES string of the molecule is COc1ccc2c(ccn2CC(=O)Nc2ccc3c(c2)C(=O)N2CCC[C@@H]2C(=O)N3)c1. The lowest BCUT2D eigenvalue weighted by Crippen LogP contribution is -2.40. The zero-order valence-electron chi connectivity index (χ0n) is 17.1. The van der Waals surface area contributed by atoms with E-state index in [4.69, 9.17) is 4.74 Å². The van der Waals surface area contributed by atoms with E-state index in [9.17, 15) is 14.4 Å². The van der Waals surface area contributed by atoms with Gasteiger partial charge in [0.25, 0.3) is 5.91 Å². The van der Waals surface area contributed by atoms with Gasteiger partial charge in [0.05, 0.1) is 18.4 Å². The molecule has 0 spiro atoms. The van der Waals surface area contributed by atoms with Crippen molar-refractivity contribution in [3.63, 3.8) is 0 Å². The number of nitrogens with one attached hydrogen (secondary N) is 2. The van der Waals surface area contributed by atoms with Crippen LogP contribution < -0.4 is 15.4 Å². The Morgan fingerprint density at radius 2 is 2.06 bits per heavy atom. The van der Waals surface area contributed by atoms with E-state index < -0.39 is 6.04 Å². The van der Waals surface area contributed by atoms with Crippen molar-refractivity contribution in [1.82, 2.24) is 9.47 Å². The summed E-state index contributed by atoms with van der Waals surface area (Å²) in [7, 11) is 1.62. The van der Waals surface area contributed by atoms with Crippen LogP contribution >= 0.6 is 0 Å². The highest BCUT2D eigenvalue weighted by atomic mass is 16.5. The van der Waals surface area contributed by atoms with Crippen molar-refractivity contribution in [2.45, 2.75) is 25.4 Å². The average molecular weight is 418 g/mol. The molecule has 0 aliphatic carbocycles. The molecule has 5 rings (SSSR count). The van der Waals surface area contributed by atoms with Crippen LogP contribution in [0.5, 0.6) is 5.75 Å². The number of anilines is 2. The number of benzene rings is 2. The first kappa shape index (κ1) is 19.2. The summed E-state index contributed by atoms with van der Waals surface area (Å²) in [5, 5.41) is 6.69. The number of hydrogen-bond donors (Lipinski definition) is 2. The third-order valence-electron chi connectivity index (χ3n) is 5.90. The van der Waals surface area contributed by atoms with E-state index in [-0.39, 0.29) is 24.3 Å². The number of carbonyl (C=O) groups is 3. The number of fused-ring (bicyclic) bond motifs is 3. The summed E-state index contributed by atoms with van der Waals surface area (Å²) in [6, 6.07) is 12.2. The van der Waals surface area contributed by atoms with E-state index >= 15 is 0 Å². The van der Waals surface area contributed by atoms with E-state index in [0.29, 0.717) is 29.9 Å². The Hall–Kier alpha value is -3.81. The van der Waals surface area contributed by atoms with Gasteiger partial charge in [-0.25, -0.2) is 0 Å². The van der Waals surface area contributed by atoms with Gasteiger partial charge >= 0.3 is 0 Å². The topological polar surface area (TPSA) is 92.7 Å². The molecule has 2 aliphatic rings. The Morgan fingerprint density at radius 1 is 1.19 bits per heavy atom. The second kappa shape index (κ2) is 7.46. The molecule has 0 bridgehead atoms. The average Bonchev–Trinajstić information content (AvgIpc) is 3.39. The van der Waals surface area contributed by atoms with Crippen LogP contribution in [0.3, 0.4) is 0 Å². The molecule has 1 fully saturated rings. The van der Waals surface area contributed by atoms with Crippen molar-refractivity contribution >= 4 is 40.0 Å². The number of amides is 3. The molecule has 3 aromatic rings. The van der Waals surface area contributed by atoms with Crippen LogP contribution in [0.2, 0.25) is 0 Å². The van der Waals surface area contributed by atoms with Gasteiger partial charge in [0.15, 0.2) is 0 Å². The van der Waals surface area contributed by atoms with E-state index in [2.05, 4.69) is 10.6 Å². The summed E-state index contributed by atoms with van der Waals surface area (Å²) in [4.78, 5) is 39.7. The molecule has 158 valence electrons. The number of hydrogen-bond acceptors (Lipinski definition) is 4. The minimum Gasteiger partial charge on any atom is -0.497 e. The molecule has 0 saturated carbocycles. The Kier molecular flexibility index (Phi) is 4.62. The van der Waals surface area contributed by atoms with Crippen LogP contribution in [0, 0.1) is 0 Å². The van der Waals surface area contributed by atoms with E-state index in [1.54, 1.807) is 30.2 Å². The van der Waals surface area contributed by atoms with Crippen molar-refractivity contribution < 1.29 is 19.1 Å². The molecule has 3 amide bonds. The fourth-order valence-electron chi connectivity index (χ4n) is 4.36. The summed E-state index contributed by atoms with van der Waals surface area (Å²) in [6.07, 6.45) is 3.34. The van der Waals surface area contributed by atoms with Gasteiger partial charge in [0.1, 0.15) is 18.3 Å². The summed E-state index contributed by atoms with van der Waals surface area (Å²) in [6.45, 7) is 0.699. The maximum atomic E-state index is 13.0. The number of ether oxygens (including phenoxy) is 1. The highest BCUT2D eigenvalue weighted by Crippen LogP contribution is 2.30.